The van der Waals surface area contributed by atoms with E-state index in [-0.39, 0.29) is 40.3 Å². The van der Waals surface area contributed by atoms with Gasteiger partial charge in [-0.2, -0.15) is 0 Å². The minimum atomic E-state index is -0.992. The number of nitrogens with one attached hydrogen (secondary N) is 2. The van der Waals surface area contributed by atoms with Crippen LogP contribution in [0.1, 0.15) is 99.8 Å². The summed E-state index contributed by atoms with van der Waals surface area (Å²) in [5.74, 6) is 0.637. The smallest absolute Gasteiger partial charge is 0.243 e. The zero-order chi connectivity index (χ0) is 28.2. The molecule has 0 aromatic rings. The van der Waals surface area contributed by atoms with E-state index in [1.165, 1.54) is 26.7 Å². The number of likely N-dealkylation sites (tertiary alicyclic amines) is 1. The Balaban J connectivity index is 0.000000616. The lowest BCUT2D eigenvalue weighted by Crippen LogP contribution is -2.53. The van der Waals surface area contributed by atoms with Crippen LogP contribution in [0.15, 0.2) is 0 Å². The molecule has 212 valence electrons. The number of ketones is 1. The van der Waals surface area contributed by atoms with Gasteiger partial charge in [0.25, 0.3) is 0 Å². The van der Waals surface area contributed by atoms with Crippen molar-refractivity contribution in [3.63, 3.8) is 0 Å². The average molecular weight is 525 g/mol. The summed E-state index contributed by atoms with van der Waals surface area (Å²) < 4.78 is 13.1. The van der Waals surface area contributed by atoms with Crippen LogP contribution in [-0.4, -0.2) is 53.6 Å². The number of primary amides is 1. The highest BCUT2D eigenvalue weighted by Crippen LogP contribution is 2.88. The van der Waals surface area contributed by atoms with E-state index in [0.29, 0.717) is 25.3 Å². The predicted molar refractivity (Wildman–Crippen MR) is 142 cm³/mol. The number of carbonyl (C=O) groups excluding carboxylic acids is 4. The van der Waals surface area contributed by atoms with Gasteiger partial charge >= 0.3 is 0 Å². The van der Waals surface area contributed by atoms with Crippen molar-refractivity contribution in [1.29, 1.82) is 0 Å². The Morgan fingerprint density at radius 3 is 1.97 bits per heavy atom. The summed E-state index contributed by atoms with van der Waals surface area (Å²) in [6.45, 7) is 14.5. The van der Waals surface area contributed by atoms with Gasteiger partial charge in [-0.15, -0.1) is 10.0 Å². The molecule has 8 nitrogen and oxygen atoms in total. The number of carbonyl (C=O) groups is 4. The van der Waals surface area contributed by atoms with E-state index in [4.69, 9.17) is 4.79 Å². The Hall–Kier alpha value is -2.03. The summed E-state index contributed by atoms with van der Waals surface area (Å²) in [5.41, 5.74) is 5.86. The van der Waals surface area contributed by atoms with Gasteiger partial charge < -0.3 is 16.0 Å². The maximum Gasteiger partial charge on any atom is 0.243 e. The lowest BCUT2D eigenvalue weighted by molar-refractivity contribution is -0.141. The van der Waals surface area contributed by atoms with Gasteiger partial charge in [-0.05, 0) is 62.2 Å². The number of halogens is 1. The van der Waals surface area contributed by atoms with Gasteiger partial charge in [0, 0.05) is 12.0 Å². The number of fused-ring (bicyclic) bond motifs is 1. The first kappa shape index (κ1) is 31.2. The summed E-state index contributed by atoms with van der Waals surface area (Å²) in [6, 6.07) is -2.14. The van der Waals surface area contributed by atoms with Crippen LogP contribution in [0.5, 0.6) is 0 Å². The molecule has 2 spiro atoms. The van der Waals surface area contributed by atoms with E-state index in [0.717, 1.165) is 31.6 Å². The fourth-order valence-corrected chi connectivity index (χ4v) is 7.02. The van der Waals surface area contributed by atoms with Crippen LogP contribution < -0.4 is 16.6 Å². The molecule has 0 bridgehead atoms. The van der Waals surface area contributed by atoms with Crippen molar-refractivity contribution in [3.8, 4) is 0 Å². The number of Topliss-reactive ketones (excluding diaryl/α,β-unsaturated/α-hetero) is 1. The van der Waals surface area contributed by atoms with Crippen LogP contribution in [0, 0.1) is 28.1 Å². The molecule has 1 saturated heterocycles. The van der Waals surface area contributed by atoms with E-state index < -0.39 is 18.1 Å². The highest BCUT2D eigenvalue weighted by Gasteiger charge is 2.85. The van der Waals surface area contributed by atoms with E-state index in [1.807, 2.05) is 0 Å². The molecule has 4 fully saturated rings. The van der Waals surface area contributed by atoms with E-state index >= 15 is 0 Å². The molecule has 0 radical (unpaired) electrons. The first-order valence-electron chi connectivity index (χ1n) is 13.9. The Morgan fingerprint density at radius 2 is 1.62 bits per heavy atom. The summed E-state index contributed by atoms with van der Waals surface area (Å²) >= 11 is 0. The third-order valence-corrected chi connectivity index (χ3v) is 9.53. The van der Waals surface area contributed by atoms with Gasteiger partial charge in [-0.1, -0.05) is 60.3 Å². The largest absolute Gasteiger partial charge is 0.372 e. The molecule has 4 N–H and O–H groups in total. The van der Waals surface area contributed by atoms with Gasteiger partial charge in [0.1, 0.15) is 12.1 Å². The van der Waals surface area contributed by atoms with Crippen LogP contribution in [0.2, 0.25) is 0 Å². The van der Waals surface area contributed by atoms with Gasteiger partial charge in [-0.3, -0.25) is 19.2 Å². The minimum Gasteiger partial charge on any atom is -0.372 e. The first-order valence-corrected chi connectivity index (χ1v) is 13.9. The Morgan fingerprint density at radius 1 is 1.08 bits per heavy atom. The van der Waals surface area contributed by atoms with Gasteiger partial charge in [0.2, 0.25) is 18.2 Å². The molecule has 4 atom stereocenters. The molecule has 3 amide bonds. The highest BCUT2D eigenvalue weighted by molar-refractivity contribution is 5.93. The molecule has 9 heteroatoms. The summed E-state index contributed by atoms with van der Waals surface area (Å²) in [6.07, 6.45) is 8.36. The summed E-state index contributed by atoms with van der Waals surface area (Å²) in [4.78, 5) is 48.7. The van der Waals surface area contributed by atoms with Gasteiger partial charge in [0.05, 0.1) is 6.04 Å². The minimum absolute atomic E-state index is 0.0400. The van der Waals surface area contributed by atoms with Gasteiger partial charge in [0.15, 0.2) is 5.78 Å². The van der Waals surface area contributed by atoms with Crippen molar-refractivity contribution in [2.75, 3.05) is 6.54 Å². The molecule has 37 heavy (non-hydrogen) atoms. The zero-order valence-corrected chi connectivity index (χ0v) is 23.9. The molecule has 3 aliphatic carbocycles. The topological polar surface area (TPSA) is 122 Å². The van der Waals surface area contributed by atoms with Crippen molar-refractivity contribution < 1.29 is 23.7 Å². The van der Waals surface area contributed by atoms with E-state index in [9.17, 15) is 18.9 Å². The molecular formula is C28H49FN4O4. The molecule has 0 aromatic carbocycles. The third kappa shape index (κ3) is 5.86. The number of nitrogens with zero attached hydrogens (tertiary/aromatic N) is 1. The van der Waals surface area contributed by atoms with E-state index in [2.05, 4.69) is 45.7 Å². The van der Waals surface area contributed by atoms with Crippen molar-refractivity contribution in [2.24, 2.45) is 33.8 Å². The van der Waals surface area contributed by atoms with Crippen molar-refractivity contribution >= 4 is 24.0 Å². The Bertz CT molecular complexity index is 837. The maximum atomic E-state index is 13.3. The fourth-order valence-electron chi connectivity index (χ4n) is 7.02. The fraction of sp³-hybridized carbons (Fsp3) is 0.857. The molecule has 1 aliphatic heterocycles. The normalized spacial score (nSPS) is 28.0. The van der Waals surface area contributed by atoms with E-state index in [1.54, 1.807) is 10.4 Å². The second-order valence-corrected chi connectivity index (χ2v) is 12.7. The second-order valence-electron chi connectivity index (χ2n) is 12.7. The molecule has 4 rings (SSSR count). The molecule has 0 aromatic heterocycles. The molecule has 3 saturated carbocycles. The van der Waals surface area contributed by atoms with Crippen molar-refractivity contribution in [2.45, 2.75) is 118 Å². The number of hydrogen-bond donors (Lipinski definition) is 3. The average Bonchev–Trinajstić information content (AvgIpc) is 3.00. The lowest BCUT2D eigenvalue weighted by Gasteiger charge is -2.32. The Kier molecular flexibility index (Phi) is 10.3. The van der Waals surface area contributed by atoms with Crippen molar-refractivity contribution in [1.82, 2.24) is 15.8 Å². The number of hydrogen-bond acceptors (Lipinski definition) is 5. The first-order chi connectivity index (χ1) is 17.2. The predicted octanol–water partition coefficient (Wildman–Crippen LogP) is 3.67. The second kappa shape index (κ2) is 12.2. The standard InChI is InChI=1S/C23H36FN3O3.C4H10.CH3NO/c1-14(26-24)20(30)27-13-23(21(3,4)22(23)9-6-10-22)12-18(27)19(29)25-17(15(2)28)11-16-7-5-8-16;1-4(2)3;2-1-3/h14,16-18,26H,5-13H2,1-4H3,(H,25,29);4H,1-3H3;1H,(H2,2,3). The zero-order valence-electron chi connectivity index (χ0n) is 23.9. The molecule has 1 heterocycles. The maximum absolute atomic E-state index is 13.3. The Labute approximate surface area is 222 Å². The van der Waals surface area contributed by atoms with Gasteiger partial charge in [-0.25, -0.2) is 0 Å². The molecule has 4 aliphatic rings. The number of rotatable bonds is 7. The monoisotopic (exact) mass is 524 g/mol. The lowest BCUT2D eigenvalue weighted by atomic mass is 9.73. The van der Waals surface area contributed by atoms with Crippen LogP contribution in [0.4, 0.5) is 4.48 Å². The highest BCUT2D eigenvalue weighted by atomic mass is 19.2. The number of amides is 3. The molecular weight excluding hydrogens is 475 g/mol. The third-order valence-electron chi connectivity index (χ3n) is 9.53. The quantitative estimate of drug-likeness (QED) is 0.347. The number of nitrogens with two attached hydrogens (primary N) is 1. The van der Waals surface area contributed by atoms with Crippen LogP contribution in [0.25, 0.3) is 0 Å². The van der Waals surface area contributed by atoms with Crippen molar-refractivity contribution in [3.05, 3.63) is 0 Å². The summed E-state index contributed by atoms with van der Waals surface area (Å²) in [5, 5.41) is 2.96. The SMILES string of the molecule is CC(=O)C(CC1CCC1)NC(=O)C1CC2(CN1C(=O)C(C)NF)C(C)(C)C21CCC1.CC(C)C.NC=O. The van der Waals surface area contributed by atoms with Crippen LogP contribution in [-0.2, 0) is 19.2 Å². The van der Waals surface area contributed by atoms with Crippen LogP contribution >= 0.6 is 0 Å². The molecule has 4 unspecified atom stereocenters. The van der Waals surface area contributed by atoms with Crippen LogP contribution in [0.3, 0.4) is 0 Å². The summed E-state index contributed by atoms with van der Waals surface area (Å²) in [7, 11) is 0.